The highest BCUT2D eigenvalue weighted by atomic mass is 19.4. The highest BCUT2D eigenvalue weighted by molar-refractivity contribution is 5.36. The van der Waals surface area contributed by atoms with Crippen LogP contribution in [0.5, 0.6) is 0 Å². The van der Waals surface area contributed by atoms with Crippen molar-refractivity contribution in [1.82, 2.24) is 0 Å². The van der Waals surface area contributed by atoms with Crippen LogP contribution in [0.1, 0.15) is 12.8 Å². The predicted octanol–water partition coefficient (Wildman–Crippen LogP) is 2.19. The predicted molar refractivity (Wildman–Crippen MR) is 38.5 cm³/mol. The van der Waals surface area contributed by atoms with Crippen molar-refractivity contribution in [2.24, 2.45) is 0 Å². The second kappa shape index (κ2) is 3.31. The molecule has 0 atom stereocenters. The van der Waals surface area contributed by atoms with E-state index in [0.717, 1.165) is 0 Å². The largest absolute Gasteiger partial charge is 0.410 e. The first-order chi connectivity index (χ1) is 5.53. The number of aliphatic hydroxyl groups excluding tert-OH is 1. The lowest BCUT2D eigenvalue weighted by atomic mass is 10.1. The van der Waals surface area contributed by atoms with E-state index < -0.39 is 6.18 Å². The van der Waals surface area contributed by atoms with Gasteiger partial charge in [-0.05, 0) is 24.0 Å². The molecular weight excluding hydrogens is 169 g/mol. The van der Waals surface area contributed by atoms with Gasteiger partial charge in [0.1, 0.15) is 0 Å². The fourth-order valence-electron chi connectivity index (χ4n) is 1.22. The van der Waals surface area contributed by atoms with Crippen LogP contribution in [0.3, 0.4) is 0 Å². The van der Waals surface area contributed by atoms with Gasteiger partial charge in [-0.3, -0.25) is 0 Å². The molecule has 1 aliphatic carbocycles. The summed E-state index contributed by atoms with van der Waals surface area (Å²) in [7, 11) is 0. The lowest BCUT2D eigenvalue weighted by Crippen LogP contribution is -2.04. The molecule has 12 heavy (non-hydrogen) atoms. The summed E-state index contributed by atoms with van der Waals surface area (Å²) in [5.41, 5.74) is 0.623. The topological polar surface area (TPSA) is 20.2 Å². The number of allylic oxidation sites excluding steroid dienone is 2. The summed E-state index contributed by atoms with van der Waals surface area (Å²) >= 11 is 0. The monoisotopic (exact) mass is 178 g/mol. The molecular formula is C8H9F3O. The molecule has 0 amide bonds. The van der Waals surface area contributed by atoms with Gasteiger partial charge in [0.05, 0.1) is 6.61 Å². The number of rotatable bonds is 1. The van der Waals surface area contributed by atoms with Crippen LogP contribution in [-0.2, 0) is 0 Å². The second-order valence-electron chi connectivity index (χ2n) is 2.64. The molecule has 0 saturated carbocycles. The maximum atomic E-state index is 11.8. The Morgan fingerprint density at radius 3 is 2.67 bits per heavy atom. The lowest BCUT2D eigenvalue weighted by Gasteiger charge is -2.04. The molecule has 0 heterocycles. The summed E-state index contributed by atoms with van der Waals surface area (Å²) in [6.45, 7) is -0.304. The number of halogens is 3. The van der Waals surface area contributed by atoms with Gasteiger partial charge in [0.15, 0.2) is 0 Å². The normalized spacial score (nSPS) is 21.7. The standard InChI is InChI=1S/C8H9F3O/c9-8(10,11)4-6-2-1-3-7(6)5-12/h3-4,12H,1-2,5H2/b6-4+. The molecule has 0 radical (unpaired) electrons. The van der Waals surface area contributed by atoms with Crippen molar-refractivity contribution in [1.29, 1.82) is 0 Å². The molecule has 0 aliphatic heterocycles. The maximum Gasteiger partial charge on any atom is 0.410 e. The maximum absolute atomic E-state index is 11.8. The van der Waals surface area contributed by atoms with Crippen LogP contribution >= 0.6 is 0 Å². The van der Waals surface area contributed by atoms with Crippen molar-refractivity contribution in [3.63, 3.8) is 0 Å². The summed E-state index contributed by atoms with van der Waals surface area (Å²) in [6.07, 6.45) is -1.39. The minimum atomic E-state index is -4.27. The van der Waals surface area contributed by atoms with Crippen molar-refractivity contribution in [3.8, 4) is 0 Å². The second-order valence-corrected chi connectivity index (χ2v) is 2.64. The minimum Gasteiger partial charge on any atom is -0.392 e. The van der Waals surface area contributed by atoms with Gasteiger partial charge in [0.25, 0.3) is 0 Å². The first-order valence-corrected chi connectivity index (χ1v) is 3.61. The minimum absolute atomic E-state index is 0.213. The van der Waals surface area contributed by atoms with Crippen molar-refractivity contribution in [2.75, 3.05) is 6.61 Å². The van der Waals surface area contributed by atoms with Gasteiger partial charge < -0.3 is 5.11 Å². The number of alkyl halides is 3. The van der Waals surface area contributed by atoms with Crippen LogP contribution < -0.4 is 0 Å². The van der Waals surface area contributed by atoms with Gasteiger partial charge in [-0.2, -0.15) is 13.2 Å². The van der Waals surface area contributed by atoms with Gasteiger partial charge in [-0.1, -0.05) is 6.08 Å². The highest BCUT2D eigenvalue weighted by Gasteiger charge is 2.26. The van der Waals surface area contributed by atoms with E-state index in [4.69, 9.17) is 5.11 Å². The van der Waals surface area contributed by atoms with E-state index in [1.807, 2.05) is 0 Å². The summed E-state index contributed by atoms with van der Waals surface area (Å²) < 4.78 is 35.5. The Labute approximate surface area is 68.2 Å². The number of hydrogen-bond acceptors (Lipinski definition) is 1. The molecule has 0 spiro atoms. The third kappa shape index (κ3) is 2.37. The van der Waals surface area contributed by atoms with E-state index in [9.17, 15) is 13.2 Å². The molecule has 1 nitrogen and oxygen atoms in total. The van der Waals surface area contributed by atoms with Gasteiger partial charge in [-0.25, -0.2) is 0 Å². The van der Waals surface area contributed by atoms with Crippen LogP contribution in [0.4, 0.5) is 13.2 Å². The summed E-state index contributed by atoms with van der Waals surface area (Å²) in [4.78, 5) is 0. The highest BCUT2D eigenvalue weighted by Crippen LogP contribution is 2.29. The van der Waals surface area contributed by atoms with Gasteiger partial charge in [0, 0.05) is 6.08 Å². The van der Waals surface area contributed by atoms with Crippen LogP contribution in [0.2, 0.25) is 0 Å². The average Bonchev–Trinajstić information content (AvgIpc) is 2.31. The molecule has 4 heteroatoms. The number of hydrogen-bond donors (Lipinski definition) is 1. The molecule has 0 fully saturated rings. The Bertz CT molecular complexity index is 225. The van der Waals surface area contributed by atoms with Crippen LogP contribution in [0, 0.1) is 0 Å². The Kier molecular flexibility index (Phi) is 2.57. The fraction of sp³-hybridized carbons (Fsp3) is 0.500. The Hall–Kier alpha value is -0.770. The van der Waals surface area contributed by atoms with Crippen molar-refractivity contribution in [2.45, 2.75) is 19.0 Å². The van der Waals surface area contributed by atoms with E-state index in [2.05, 4.69) is 0 Å². The Morgan fingerprint density at radius 2 is 2.17 bits per heavy atom. The molecule has 0 aromatic carbocycles. The van der Waals surface area contributed by atoms with Gasteiger partial charge >= 0.3 is 6.18 Å². The van der Waals surface area contributed by atoms with Crippen molar-refractivity contribution < 1.29 is 18.3 Å². The third-order valence-corrected chi connectivity index (χ3v) is 1.73. The van der Waals surface area contributed by atoms with Gasteiger partial charge in [0.2, 0.25) is 0 Å². The number of aliphatic hydroxyl groups is 1. The first-order valence-electron chi connectivity index (χ1n) is 3.61. The van der Waals surface area contributed by atoms with Gasteiger partial charge in [-0.15, -0.1) is 0 Å². The van der Waals surface area contributed by atoms with E-state index in [1.165, 1.54) is 0 Å². The Balaban J connectivity index is 2.77. The van der Waals surface area contributed by atoms with Crippen molar-refractivity contribution >= 4 is 0 Å². The van der Waals surface area contributed by atoms with E-state index >= 15 is 0 Å². The molecule has 1 aliphatic rings. The zero-order chi connectivity index (χ0) is 9.19. The molecule has 0 saturated heterocycles. The Morgan fingerprint density at radius 1 is 1.50 bits per heavy atom. The summed E-state index contributed by atoms with van der Waals surface area (Å²) in [5.74, 6) is 0. The van der Waals surface area contributed by atoms with Crippen LogP contribution in [0.15, 0.2) is 23.3 Å². The molecule has 68 valence electrons. The third-order valence-electron chi connectivity index (χ3n) is 1.73. The lowest BCUT2D eigenvalue weighted by molar-refractivity contribution is -0.0805. The van der Waals surface area contributed by atoms with Crippen LogP contribution in [-0.4, -0.2) is 17.9 Å². The zero-order valence-electron chi connectivity index (χ0n) is 6.36. The summed E-state index contributed by atoms with van der Waals surface area (Å²) in [6, 6.07) is 0. The molecule has 1 rings (SSSR count). The molecule has 0 unspecified atom stereocenters. The molecule has 0 aromatic rings. The first kappa shape index (κ1) is 9.32. The SMILES string of the molecule is OCC1=CCC/C1=C\C(F)(F)F. The fourth-order valence-corrected chi connectivity index (χ4v) is 1.22. The van der Waals surface area contributed by atoms with E-state index in [-0.39, 0.29) is 18.3 Å². The molecule has 1 N–H and O–H groups in total. The van der Waals surface area contributed by atoms with E-state index in [1.54, 1.807) is 6.08 Å². The zero-order valence-corrected chi connectivity index (χ0v) is 6.36. The smallest absolute Gasteiger partial charge is 0.392 e. The average molecular weight is 178 g/mol. The van der Waals surface area contributed by atoms with E-state index in [0.29, 0.717) is 18.4 Å². The summed E-state index contributed by atoms with van der Waals surface area (Å²) in [5, 5.41) is 8.66. The van der Waals surface area contributed by atoms with Crippen LogP contribution in [0.25, 0.3) is 0 Å². The molecule has 0 aromatic heterocycles. The van der Waals surface area contributed by atoms with Crippen molar-refractivity contribution in [3.05, 3.63) is 23.3 Å². The quantitative estimate of drug-likeness (QED) is 0.652. The molecule has 0 bridgehead atoms.